The Morgan fingerprint density at radius 3 is 1.90 bits per heavy atom. The van der Waals surface area contributed by atoms with Crippen LogP contribution in [-0.2, 0) is 0 Å². The van der Waals surface area contributed by atoms with Crippen LogP contribution in [0.5, 0.6) is 5.06 Å². The summed E-state index contributed by atoms with van der Waals surface area (Å²) in [5, 5.41) is 3.31. The first-order valence-electron chi connectivity index (χ1n) is 8.43. The summed E-state index contributed by atoms with van der Waals surface area (Å²) >= 11 is 1.74. The van der Waals surface area contributed by atoms with E-state index in [0.717, 1.165) is 11.7 Å². The first-order valence-corrected chi connectivity index (χ1v) is 9.31. The van der Waals surface area contributed by atoms with Gasteiger partial charge >= 0.3 is 0 Å². The molecular weight excluding hydrogens is 264 g/mol. The van der Waals surface area contributed by atoms with Crippen LogP contribution in [0.1, 0.15) is 82.3 Å². The maximum atomic E-state index is 5.85. The lowest BCUT2D eigenvalue weighted by atomic mass is 10.1. The molecule has 2 heteroatoms. The van der Waals surface area contributed by atoms with Crippen molar-refractivity contribution in [2.45, 2.75) is 85.0 Å². The Bertz CT molecular complexity index is 343. The van der Waals surface area contributed by atoms with Crippen molar-refractivity contribution in [3.8, 4) is 5.06 Å². The fourth-order valence-corrected chi connectivity index (χ4v) is 3.33. The number of hydrogen-bond acceptors (Lipinski definition) is 2. The molecule has 1 aromatic heterocycles. The number of hydrogen-bond donors (Lipinski definition) is 0. The first kappa shape index (κ1) is 17.6. The maximum absolute atomic E-state index is 5.85. The molecule has 0 atom stereocenters. The molecule has 0 aliphatic carbocycles. The molecule has 1 aromatic rings. The quantitative estimate of drug-likeness (QED) is 0.392. The van der Waals surface area contributed by atoms with Crippen LogP contribution in [0.4, 0.5) is 0 Å². The van der Waals surface area contributed by atoms with Crippen molar-refractivity contribution in [2.24, 2.45) is 0 Å². The molecule has 0 fully saturated rings. The van der Waals surface area contributed by atoms with E-state index >= 15 is 0 Å². The molecule has 0 aliphatic rings. The Balaban J connectivity index is 1.87. The minimum absolute atomic E-state index is 0.886. The summed E-state index contributed by atoms with van der Waals surface area (Å²) in [5.41, 5.74) is 2.68. The van der Waals surface area contributed by atoms with E-state index in [2.05, 4.69) is 26.2 Å². The smallest absolute Gasteiger partial charge is 0.176 e. The molecule has 0 spiro atoms. The predicted octanol–water partition coefficient (Wildman–Crippen LogP) is 6.66. The van der Waals surface area contributed by atoms with E-state index in [0.29, 0.717) is 0 Å². The van der Waals surface area contributed by atoms with Crippen LogP contribution in [0.2, 0.25) is 0 Å². The summed E-state index contributed by atoms with van der Waals surface area (Å²) < 4.78 is 5.85. The molecule has 1 rings (SSSR count). The molecule has 0 unspecified atom stereocenters. The topological polar surface area (TPSA) is 9.23 Å². The zero-order chi connectivity index (χ0) is 14.6. The number of aryl methyl sites for hydroxylation is 1. The summed E-state index contributed by atoms with van der Waals surface area (Å²) in [6.45, 7) is 7.47. The first-order chi connectivity index (χ1) is 9.75. The molecule has 116 valence electrons. The molecule has 0 saturated carbocycles. The van der Waals surface area contributed by atoms with Crippen molar-refractivity contribution in [1.82, 2.24) is 0 Å². The maximum Gasteiger partial charge on any atom is 0.176 e. The highest BCUT2D eigenvalue weighted by Crippen LogP contribution is 2.29. The summed E-state index contributed by atoms with van der Waals surface area (Å²) in [5.74, 6) is 0. The largest absolute Gasteiger partial charge is 0.484 e. The second-order valence-electron chi connectivity index (χ2n) is 5.86. The highest BCUT2D eigenvalue weighted by Gasteiger charge is 2.04. The second kappa shape index (κ2) is 11.2. The van der Waals surface area contributed by atoms with Crippen LogP contribution in [-0.4, -0.2) is 6.61 Å². The predicted molar refractivity (Wildman–Crippen MR) is 91.1 cm³/mol. The van der Waals surface area contributed by atoms with E-state index in [4.69, 9.17) is 4.74 Å². The second-order valence-corrected chi connectivity index (χ2v) is 6.70. The van der Waals surface area contributed by atoms with Crippen LogP contribution >= 0.6 is 11.3 Å². The lowest BCUT2D eigenvalue weighted by Gasteiger charge is -2.05. The van der Waals surface area contributed by atoms with E-state index < -0.39 is 0 Å². The van der Waals surface area contributed by atoms with Crippen molar-refractivity contribution < 1.29 is 4.74 Å². The molecule has 0 aliphatic heterocycles. The van der Waals surface area contributed by atoms with Crippen LogP contribution in [0.25, 0.3) is 0 Å². The van der Waals surface area contributed by atoms with Crippen LogP contribution in [0, 0.1) is 13.8 Å². The Morgan fingerprint density at radius 2 is 1.40 bits per heavy atom. The average Bonchev–Trinajstić information content (AvgIpc) is 2.76. The lowest BCUT2D eigenvalue weighted by Crippen LogP contribution is -1.97. The molecule has 1 heterocycles. The summed E-state index contributed by atoms with van der Waals surface area (Å²) in [4.78, 5) is 0. The zero-order valence-electron chi connectivity index (χ0n) is 13.7. The summed E-state index contributed by atoms with van der Waals surface area (Å²) in [7, 11) is 0. The molecule has 0 amide bonds. The van der Waals surface area contributed by atoms with Gasteiger partial charge in [0.2, 0.25) is 0 Å². The summed E-state index contributed by atoms with van der Waals surface area (Å²) in [6, 6.07) is 0. The normalized spacial score (nSPS) is 10.9. The minimum atomic E-state index is 0.886. The third-order valence-electron chi connectivity index (χ3n) is 3.97. The monoisotopic (exact) mass is 296 g/mol. The number of unbranched alkanes of at least 4 members (excludes halogenated alkanes) is 9. The van der Waals surface area contributed by atoms with Crippen LogP contribution in [0.15, 0.2) is 5.38 Å². The highest BCUT2D eigenvalue weighted by molar-refractivity contribution is 7.12. The SMILES string of the molecule is CCCCCCCCCCCCOc1scc(C)c1C. The van der Waals surface area contributed by atoms with Gasteiger partial charge in [-0.3, -0.25) is 0 Å². The summed E-state index contributed by atoms with van der Waals surface area (Å²) in [6.07, 6.45) is 13.8. The molecule has 20 heavy (non-hydrogen) atoms. The van der Waals surface area contributed by atoms with Gasteiger partial charge in [-0.25, -0.2) is 0 Å². The van der Waals surface area contributed by atoms with Crippen molar-refractivity contribution in [3.05, 3.63) is 16.5 Å². The van der Waals surface area contributed by atoms with Gasteiger partial charge in [0.05, 0.1) is 6.61 Å². The van der Waals surface area contributed by atoms with Gasteiger partial charge in [-0.05, 0) is 31.2 Å². The Morgan fingerprint density at radius 1 is 0.850 bits per heavy atom. The van der Waals surface area contributed by atoms with Gasteiger partial charge in [0.25, 0.3) is 0 Å². The van der Waals surface area contributed by atoms with Crippen LogP contribution in [0.3, 0.4) is 0 Å². The van der Waals surface area contributed by atoms with Gasteiger partial charge in [-0.2, -0.15) is 0 Å². The lowest BCUT2D eigenvalue weighted by molar-refractivity contribution is 0.311. The molecule has 0 aromatic carbocycles. The standard InChI is InChI=1S/C18H32OS/c1-4-5-6-7-8-9-10-11-12-13-14-19-18-17(3)16(2)15-20-18/h15H,4-14H2,1-3H3. The van der Waals surface area contributed by atoms with E-state index in [9.17, 15) is 0 Å². The number of rotatable bonds is 12. The van der Waals surface area contributed by atoms with E-state index in [-0.39, 0.29) is 0 Å². The van der Waals surface area contributed by atoms with Gasteiger partial charge < -0.3 is 4.74 Å². The average molecular weight is 297 g/mol. The fraction of sp³-hybridized carbons (Fsp3) is 0.778. The van der Waals surface area contributed by atoms with Crippen molar-refractivity contribution in [1.29, 1.82) is 0 Å². The molecule has 0 bridgehead atoms. The van der Waals surface area contributed by atoms with Gasteiger partial charge in [-0.1, -0.05) is 64.7 Å². The number of ether oxygens (including phenoxy) is 1. The van der Waals surface area contributed by atoms with E-state index in [1.807, 2.05) is 0 Å². The van der Waals surface area contributed by atoms with Crippen molar-refractivity contribution in [3.63, 3.8) is 0 Å². The van der Waals surface area contributed by atoms with Crippen LogP contribution < -0.4 is 4.74 Å². The van der Waals surface area contributed by atoms with Crippen molar-refractivity contribution in [2.75, 3.05) is 6.61 Å². The van der Waals surface area contributed by atoms with Crippen molar-refractivity contribution >= 4 is 11.3 Å². The third kappa shape index (κ3) is 7.33. The van der Waals surface area contributed by atoms with E-state index in [1.165, 1.54) is 75.3 Å². The van der Waals surface area contributed by atoms with Gasteiger partial charge in [0, 0.05) is 5.56 Å². The molecule has 0 radical (unpaired) electrons. The molecule has 0 saturated heterocycles. The zero-order valence-corrected chi connectivity index (χ0v) is 14.5. The van der Waals surface area contributed by atoms with E-state index in [1.54, 1.807) is 11.3 Å². The van der Waals surface area contributed by atoms with Gasteiger partial charge in [-0.15, -0.1) is 11.3 Å². The molecule has 0 N–H and O–H groups in total. The Kier molecular flexibility index (Phi) is 9.82. The fourth-order valence-electron chi connectivity index (χ4n) is 2.38. The van der Waals surface area contributed by atoms with Gasteiger partial charge in [0.1, 0.15) is 0 Å². The molecule has 1 nitrogen and oxygen atoms in total. The third-order valence-corrected chi connectivity index (χ3v) is 5.08. The minimum Gasteiger partial charge on any atom is -0.484 e. The highest BCUT2D eigenvalue weighted by atomic mass is 32.1. The molecular formula is C18H32OS. The van der Waals surface area contributed by atoms with Gasteiger partial charge in [0.15, 0.2) is 5.06 Å². The Labute approximate surface area is 129 Å². The Hall–Kier alpha value is -0.500. The number of thiophene rings is 1.